The van der Waals surface area contributed by atoms with Gasteiger partial charge < -0.3 is 20.2 Å². The van der Waals surface area contributed by atoms with Gasteiger partial charge in [0.1, 0.15) is 5.82 Å². The first-order valence-electron chi connectivity index (χ1n) is 10.7. The number of nitrogens with zero attached hydrogens (tertiary/aromatic N) is 2. The number of aliphatic hydroxyl groups is 1. The lowest BCUT2D eigenvalue weighted by atomic mass is 9.72. The number of carbonyl (C=O) groups excluding carboxylic acids is 2. The number of benzene rings is 1. The minimum atomic E-state index is -0.422. The highest BCUT2D eigenvalue weighted by atomic mass is 19.1. The van der Waals surface area contributed by atoms with Crippen molar-refractivity contribution in [3.8, 4) is 0 Å². The molecule has 29 heavy (non-hydrogen) atoms. The van der Waals surface area contributed by atoms with Crippen LogP contribution in [0.15, 0.2) is 18.2 Å². The molecule has 3 aliphatic heterocycles. The Hall–Kier alpha value is -1.99. The first-order chi connectivity index (χ1) is 14.0. The van der Waals surface area contributed by atoms with Crippen LogP contribution in [0.3, 0.4) is 0 Å². The maximum Gasteiger partial charge on any atom is 0.251 e. The molecular formula is C22H30FN3O3. The normalized spacial score (nSPS) is 29.5. The highest BCUT2D eigenvalue weighted by Gasteiger charge is 2.49. The molecule has 6 nitrogen and oxygen atoms in total. The highest BCUT2D eigenvalue weighted by Crippen LogP contribution is 2.41. The van der Waals surface area contributed by atoms with Crippen LogP contribution in [0.1, 0.15) is 41.6 Å². The first-order valence-corrected chi connectivity index (χ1v) is 10.7. The summed E-state index contributed by atoms with van der Waals surface area (Å²) in [6.07, 6.45) is 3.55. The molecule has 2 N–H and O–H groups in total. The van der Waals surface area contributed by atoms with E-state index in [-0.39, 0.29) is 36.4 Å². The van der Waals surface area contributed by atoms with Gasteiger partial charge in [-0.05, 0) is 61.8 Å². The maximum absolute atomic E-state index is 13.7. The second-order valence-electron chi connectivity index (χ2n) is 8.79. The highest BCUT2D eigenvalue weighted by molar-refractivity contribution is 5.94. The molecule has 2 bridgehead atoms. The van der Waals surface area contributed by atoms with Gasteiger partial charge in [0.2, 0.25) is 5.91 Å². The number of hydrogen-bond acceptors (Lipinski definition) is 4. The third-order valence-electron chi connectivity index (χ3n) is 6.76. The Kier molecular flexibility index (Phi) is 5.88. The van der Waals surface area contributed by atoms with Gasteiger partial charge in [0.05, 0.1) is 12.6 Å². The zero-order chi connectivity index (χ0) is 20.5. The van der Waals surface area contributed by atoms with Crippen molar-refractivity contribution in [3.63, 3.8) is 0 Å². The standard InChI is InChI=1S/C22H30FN3O3/c1-14-7-15(10-18(23)8-14)22(29)24-11-20-17-9-16(12-25(13-17)5-6-27)19-3-2-4-21(28)26(19)20/h7-8,10,16-17,19-20,27H,2-6,9,11-13H2,1H3,(H,24,29)/t16-,17+,19+,20+/m1/s1. The largest absolute Gasteiger partial charge is 0.395 e. The van der Waals surface area contributed by atoms with Crippen molar-refractivity contribution in [1.82, 2.24) is 15.1 Å². The lowest BCUT2D eigenvalue weighted by Gasteiger charge is -2.56. The van der Waals surface area contributed by atoms with Gasteiger partial charge in [-0.2, -0.15) is 0 Å². The number of piperidine rings is 3. The van der Waals surface area contributed by atoms with Crippen molar-refractivity contribution in [2.75, 3.05) is 32.8 Å². The summed E-state index contributed by atoms with van der Waals surface area (Å²) in [4.78, 5) is 29.8. The smallest absolute Gasteiger partial charge is 0.251 e. The number of halogens is 1. The molecule has 0 saturated carbocycles. The number of aliphatic hydroxyl groups excluding tert-OH is 1. The van der Waals surface area contributed by atoms with Crippen molar-refractivity contribution in [2.24, 2.45) is 11.8 Å². The number of rotatable bonds is 5. The summed E-state index contributed by atoms with van der Waals surface area (Å²) < 4.78 is 13.7. The van der Waals surface area contributed by atoms with E-state index in [9.17, 15) is 19.1 Å². The molecule has 3 fully saturated rings. The Bertz CT molecular complexity index is 764. The molecule has 4 atom stereocenters. The average molecular weight is 403 g/mol. The van der Waals surface area contributed by atoms with Gasteiger partial charge in [0, 0.05) is 44.2 Å². The van der Waals surface area contributed by atoms with Crippen molar-refractivity contribution in [1.29, 1.82) is 0 Å². The van der Waals surface area contributed by atoms with E-state index in [2.05, 4.69) is 15.1 Å². The van der Waals surface area contributed by atoms with Crippen LogP contribution in [-0.2, 0) is 4.79 Å². The van der Waals surface area contributed by atoms with E-state index in [0.717, 1.165) is 32.4 Å². The van der Waals surface area contributed by atoms with Crippen molar-refractivity contribution < 1.29 is 19.1 Å². The molecule has 158 valence electrons. The van der Waals surface area contributed by atoms with Crippen LogP contribution < -0.4 is 5.32 Å². The number of hydrogen-bond donors (Lipinski definition) is 2. The zero-order valence-corrected chi connectivity index (χ0v) is 16.9. The molecule has 2 amide bonds. The van der Waals surface area contributed by atoms with E-state index >= 15 is 0 Å². The zero-order valence-electron chi connectivity index (χ0n) is 16.9. The third kappa shape index (κ3) is 4.16. The summed E-state index contributed by atoms with van der Waals surface area (Å²) in [5.41, 5.74) is 1.01. The number of carbonyl (C=O) groups is 2. The summed E-state index contributed by atoms with van der Waals surface area (Å²) in [7, 11) is 0. The Morgan fingerprint density at radius 3 is 2.83 bits per heavy atom. The van der Waals surface area contributed by atoms with Crippen molar-refractivity contribution >= 4 is 11.8 Å². The van der Waals surface area contributed by atoms with Gasteiger partial charge in [-0.1, -0.05) is 0 Å². The predicted octanol–water partition coefficient (Wildman–Crippen LogP) is 1.56. The molecular weight excluding hydrogens is 373 g/mol. The maximum atomic E-state index is 13.7. The van der Waals surface area contributed by atoms with Crippen LogP contribution in [0.2, 0.25) is 0 Å². The number of β-amino-alcohol motifs (C(OH)–C–C–N with tert-alkyl or cyclic N) is 1. The Labute approximate surface area is 171 Å². The van der Waals surface area contributed by atoms with E-state index in [1.54, 1.807) is 13.0 Å². The summed E-state index contributed by atoms with van der Waals surface area (Å²) in [6.45, 7) is 4.67. The minimum Gasteiger partial charge on any atom is -0.395 e. The van der Waals surface area contributed by atoms with E-state index in [1.165, 1.54) is 12.1 Å². The van der Waals surface area contributed by atoms with Crippen LogP contribution in [0.4, 0.5) is 4.39 Å². The van der Waals surface area contributed by atoms with Crippen molar-refractivity contribution in [2.45, 2.75) is 44.7 Å². The number of aryl methyl sites for hydroxylation is 1. The molecule has 3 saturated heterocycles. The Morgan fingerprint density at radius 2 is 2.07 bits per heavy atom. The van der Waals surface area contributed by atoms with E-state index in [1.807, 2.05) is 0 Å². The van der Waals surface area contributed by atoms with E-state index in [0.29, 0.717) is 36.6 Å². The molecule has 0 spiro atoms. The molecule has 1 aromatic carbocycles. The topological polar surface area (TPSA) is 72.9 Å². The van der Waals surface area contributed by atoms with Crippen molar-refractivity contribution in [3.05, 3.63) is 35.1 Å². The van der Waals surface area contributed by atoms with Gasteiger partial charge in [-0.25, -0.2) is 4.39 Å². The van der Waals surface area contributed by atoms with Crippen LogP contribution in [-0.4, -0.2) is 71.6 Å². The lowest BCUT2D eigenvalue weighted by Crippen LogP contribution is -2.67. The molecule has 1 aromatic rings. The van der Waals surface area contributed by atoms with Gasteiger partial charge in [-0.3, -0.25) is 9.59 Å². The second-order valence-corrected chi connectivity index (χ2v) is 8.79. The van der Waals surface area contributed by atoms with Gasteiger partial charge >= 0.3 is 0 Å². The van der Waals surface area contributed by atoms with Crippen LogP contribution in [0.5, 0.6) is 0 Å². The third-order valence-corrected chi connectivity index (χ3v) is 6.76. The molecule has 0 radical (unpaired) electrons. The summed E-state index contributed by atoms with van der Waals surface area (Å²) in [6, 6.07) is 4.48. The molecule has 0 aromatic heterocycles. The van der Waals surface area contributed by atoms with Crippen LogP contribution in [0.25, 0.3) is 0 Å². The van der Waals surface area contributed by atoms with Crippen LogP contribution >= 0.6 is 0 Å². The Morgan fingerprint density at radius 1 is 1.28 bits per heavy atom. The first kappa shape index (κ1) is 20.3. The molecule has 3 heterocycles. The monoisotopic (exact) mass is 403 g/mol. The fourth-order valence-electron chi connectivity index (χ4n) is 5.63. The molecule has 0 aliphatic carbocycles. The summed E-state index contributed by atoms with van der Waals surface area (Å²) >= 11 is 0. The lowest BCUT2D eigenvalue weighted by molar-refractivity contribution is -0.152. The predicted molar refractivity (Wildman–Crippen MR) is 107 cm³/mol. The Balaban J connectivity index is 1.51. The fourth-order valence-corrected chi connectivity index (χ4v) is 5.63. The molecule has 0 unspecified atom stereocenters. The molecule has 7 heteroatoms. The number of fused-ring (bicyclic) bond motifs is 4. The summed E-state index contributed by atoms with van der Waals surface area (Å²) in [5.74, 6) is 0.163. The molecule has 3 aliphatic rings. The SMILES string of the molecule is Cc1cc(F)cc(C(=O)NC[C@H]2[C@H]3C[C@H](CN(CCO)C3)[C@@H]3CCCC(=O)N32)c1. The number of likely N-dealkylation sites (tertiary alicyclic amines) is 1. The van der Waals surface area contributed by atoms with Gasteiger partial charge in [-0.15, -0.1) is 0 Å². The van der Waals surface area contributed by atoms with Gasteiger partial charge in [0.25, 0.3) is 5.91 Å². The number of nitrogens with one attached hydrogen (secondary N) is 1. The second kappa shape index (κ2) is 8.40. The molecule has 4 rings (SSSR count). The van der Waals surface area contributed by atoms with E-state index in [4.69, 9.17) is 0 Å². The van der Waals surface area contributed by atoms with E-state index < -0.39 is 5.82 Å². The van der Waals surface area contributed by atoms with Crippen LogP contribution in [0, 0.1) is 24.6 Å². The fraction of sp³-hybridized carbons (Fsp3) is 0.636. The average Bonchev–Trinajstić information content (AvgIpc) is 2.67. The summed E-state index contributed by atoms with van der Waals surface area (Å²) in [5, 5.41) is 12.3. The number of amides is 2. The van der Waals surface area contributed by atoms with Gasteiger partial charge in [0.15, 0.2) is 0 Å². The quantitative estimate of drug-likeness (QED) is 0.783. The minimum absolute atomic E-state index is 0.0517.